The lowest BCUT2D eigenvalue weighted by Gasteiger charge is -2.29. The van der Waals surface area contributed by atoms with E-state index in [0.717, 1.165) is 22.3 Å². The van der Waals surface area contributed by atoms with Crippen molar-refractivity contribution in [1.82, 2.24) is 0 Å². The van der Waals surface area contributed by atoms with Gasteiger partial charge in [-0.3, -0.25) is 0 Å². The summed E-state index contributed by atoms with van der Waals surface area (Å²) < 4.78 is 13.9. The van der Waals surface area contributed by atoms with E-state index >= 15 is 0 Å². The van der Waals surface area contributed by atoms with Gasteiger partial charge in [0.2, 0.25) is 0 Å². The highest BCUT2D eigenvalue weighted by molar-refractivity contribution is 7.85. The number of rotatable bonds is 2. The molecule has 0 unspecified atom stereocenters. The first-order valence-electron chi connectivity index (χ1n) is 11.3. The number of hydrogen-bond donors (Lipinski definition) is 2. The second-order valence-electron chi connectivity index (χ2n) is 13.0. The van der Waals surface area contributed by atoms with Gasteiger partial charge >= 0.3 is 0 Å². The summed E-state index contributed by atoms with van der Waals surface area (Å²) in [6, 6.07) is 7.50. The maximum absolute atomic E-state index is 13.9. The van der Waals surface area contributed by atoms with Crippen molar-refractivity contribution >= 4 is 10.8 Å². The molecule has 32 heavy (non-hydrogen) atoms. The molecule has 0 aliphatic heterocycles. The molecule has 0 amide bonds. The first-order chi connectivity index (χ1) is 14.2. The lowest BCUT2D eigenvalue weighted by Crippen LogP contribution is -2.19. The van der Waals surface area contributed by atoms with E-state index in [4.69, 9.17) is 0 Å². The third-order valence-corrected chi connectivity index (χ3v) is 7.15. The third-order valence-electron chi connectivity index (χ3n) is 5.83. The Hall–Kier alpha value is -1.81. The molecule has 178 valence electrons. The van der Waals surface area contributed by atoms with Crippen LogP contribution in [0, 0.1) is 0 Å². The van der Waals surface area contributed by atoms with Crippen molar-refractivity contribution in [2.24, 2.45) is 0 Å². The lowest BCUT2D eigenvalue weighted by atomic mass is 9.79. The molecule has 0 heterocycles. The minimum absolute atomic E-state index is 0.280. The summed E-state index contributed by atoms with van der Waals surface area (Å²) in [6.07, 6.45) is 0. The van der Waals surface area contributed by atoms with Crippen LogP contribution < -0.4 is 0 Å². The standard InChI is InChI=1S/C28H42O3S/c1-25(2,3)19-13-17(14-20(23(19)29)26(4,5)6)32(31)18-15-21(27(7,8)9)24(30)22(16-18)28(10,11)12/h13-16,29-30H,1-12H3. The molecule has 0 aliphatic carbocycles. The van der Waals surface area contributed by atoms with Gasteiger partial charge < -0.3 is 10.2 Å². The van der Waals surface area contributed by atoms with E-state index in [1.807, 2.05) is 24.3 Å². The monoisotopic (exact) mass is 458 g/mol. The maximum Gasteiger partial charge on any atom is 0.123 e. The SMILES string of the molecule is CC(C)(C)c1cc(S(=O)c2cc(C(C)(C)C)c(O)c(C(C)(C)C)c2)cc(C(C)(C)C)c1O. The second kappa shape index (κ2) is 8.20. The molecule has 0 atom stereocenters. The molecular weight excluding hydrogens is 416 g/mol. The van der Waals surface area contributed by atoms with Crippen LogP contribution in [0.2, 0.25) is 0 Å². The summed E-state index contributed by atoms with van der Waals surface area (Å²) in [5.41, 5.74) is 1.97. The molecule has 2 N–H and O–H groups in total. The fourth-order valence-electron chi connectivity index (χ4n) is 3.85. The van der Waals surface area contributed by atoms with Gasteiger partial charge in [0, 0.05) is 32.0 Å². The summed E-state index contributed by atoms with van der Waals surface area (Å²) in [5.74, 6) is 0.560. The molecule has 2 rings (SSSR count). The molecule has 0 fully saturated rings. The van der Waals surface area contributed by atoms with E-state index in [2.05, 4.69) is 83.1 Å². The number of hydrogen-bond acceptors (Lipinski definition) is 3. The van der Waals surface area contributed by atoms with Crippen LogP contribution in [0.1, 0.15) is 105 Å². The summed E-state index contributed by atoms with van der Waals surface area (Å²) in [5, 5.41) is 22.1. The predicted molar refractivity (Wildman–Crippen MR) is 136 cm³/mol. The Kier molecular flexibility index (Phi) is 6.78. The highest BCUT2D eigenvalue weighted by Crippen LogP contribution is 2.43. The molecule has 2 aromatic rings. The molecule has 0 radical (unpaired) electrons. The Morgan fingerprint density at radius 3 is 0.844 bits per heavy atom. The van der Waals surface area contributed by atoms with Gasteiger partial charge in [-0.1, -0.05) is 83.1 Å². The Morgan fingerprint density at radius 2 is 0.688 bits per heavy atom. The number of phenolic OH excluding ortho intramolecular Hbond substituents is 2. The highest BCUT2D eigenvalue weighted by Gasteiger charge is 2.30. The minimum Gasteiger partial charge on any atom is -0.507 e. The van der Waals surface area contributed by atoms with Crippen molar-refractivity contribution in [3.63, 3.8) is 0 Å². The molecule has 2 aromatic carbocycles. The molecule has 4 heteroatoms. The van der Waals surface area contributed by atoms with Gasteiger partial charge in [-0.05, 0) is 45.9 Å². The molecular formula is C28H42O3S. The van der Waals surface area contributed by atoms with E-state index in [1.54, 1.807) is 0 Å². The molecule has 0 aromatic heterocycles. The third kappa shape index (κ3) is 5.39. The van der Waals surface area contributed by atoms with Crippen molar-refractivity contribution in [3.05, 3.63) is 46.5 Å². The average molecular weight is 459 g/mol. The van der Waals surface area contributed by atoms with Gasteiger partial charge in [0.25, 0.3) is 0 Å². The van der Waals surface area contributed by atoms with Crippen LogP contribution in [0.25, 0.3) is 0 Å². The van der Waals surface area contributed by atoms with Crippen LogP contribution in [0.5, 0.6) is 11.5 Å². The van der Waals surface area contributed by atoms with E-state index in [1.165, 1.54) is 0 Å². The maximum atomic E-state index is 13.9. The fourth-order valence-corrected chi connectivity index (χ4v) is 5.02. The summed E-state index contributed by atoms with van der Waals surface area (Å²) in [4.78, 5) is 1.34. The minimum atomic E-state index is -1.47. The van der Waals surface area contributed by atoms with E-state index < -0.39 is 10.8 Å². The quantitative estimate of drug-likeness (QED) is 0.491. The zero-order chi connectivity index (χ0) is 25.0. The van der Waals surface area contributed by atoms with Crippen molar-refractivity contribution in [1.29, 1.82) is 0 Å². The van der Waals surface area contributed by atoms with Gasteiger partial charge in [-0.25, -0.2) is 4.21 Å². The summed E-state index contributed by atoms with van der Waals surface area (Å²) in [6.45, 7) is 24.6. The second-order valence-corrected chi connectivity index (χ2v) is 14.5. The Balaban J connectivity index is 2.86. The summed E-state index contributed by atoms with van der Waals surface area (Å²) in [7, 11) is -1.47. The van der Waals surface area contributed by atoms with E-state index in [0.29, 0.717) is 9.79 Å². The van der Waals surface area contributed by atoms with Crippen LogP contribution in [-0.4, -0.2) is 14.4 Å². The Morgan fingerprint density at radius 1 is 0.500 bits per heavy atom. The molecule has 0 aliphatic rings. The molecule has 0 bridgehead atoms. The smallest absolute Gasteiger partial charge is 0.123 e. The van der Waals surface area contributed by atoms with E-state index in [-0.39, 0.29) is 33.2 Å². The average Bonchev–Trinajstić information content (AvgIpc) is 2.57. The van der Waals surface area contributed by atoms with Crippen LogP contribution in [0.3, 0.4) is 0 Å². The zero-order valence-corrected chi connectivity index (χ0v) is 22.8. The lowest BCUT2D eigenvalue weighted by molar-refractivity contribution is 0.421. The Bertz CT molecular complexity index is 883. The van der Waals surface area contributed by atoms with E-state index in [9.17, 15) is 14.4 Å². The highest BCUT2D eigenvalue weighted by atomic mass is 32.2. The number of phenols is 2. The Labute approximate surface area is 197 Å². The molecule has 0 spiro atoms. The summed E-state index contributed by atoms with van der Waals surface area (Å²) >= 11 is 0. The van der Waals surface area contributed by atoms with Gasteiger partial charge in [0.1, 0.15) is 11.5 Å². The van der Waals surface area contributed by atoms with Crippen LogP contribution in [0.15, 0.2) is 34.1 Å². The van der Waals surface area contributed by atoms with Gasteiger partial charge in [-0.2, -0.15) is 0 Å². The van der Waals surface area contributed by atoms with Crippen molar-refractivity contribution in [2.45, 2.75) is 115 Å². The van der Waals surface area contributed by atoms with Crippen LogP contribution >= 0.6 is 0 Å². The van der Waals surface area contributed by atoms with Gasteiger partial charge in [0.05, 0.1) is 10.8 Å². The molecule has 0 saturated carbocycles. The number of aromatic hydroxyl groups is 2. The fraction of sp³-hybridized carbons (Fsp3) is 0.571. The van der Waals surface area contributed by atoms with Crippen molar-refractivity contribution in [3.8, 4) is 11.5 Å². The molecule has 0 saturated heterocycles. The predicted octanol–water partition coefficient (Wildman–Crippen LogP) is 7.45. The van der Waals surface area contributed by atoms with Crippen LogP contribution in [0.4, 0.5) is 0 Å². The van der Waals surface area contributed by atoms with Crippen LogP contribution in [-0.2, 0) is 32.5 Å². The van der Waals surface area contributed by atoms with Crippen molar-refractivity contribution in [2.75, 3.05) is 0 Å². The first-order valence-corrected chi connectivity index (χ1v) is 12.5. The largest absolute Gasteiger partial charge is 0.507 e. The van der Waals surface area contributed by atoms with Gasteiger partial charge in [0.15, 0.2) is 0 Å². The normalized spacial score (nSPS) is 13.7. The van der Waals surface area contributed by atoms with Gasteiger partial charge in [-0.15, -0.1) is 0 Å². The number of benzene rings is 2. The zero-order valence-electron chi connectivity index (χ0n) is 22.0. The first kappa shape index (κ1) is 26.4. The molecule has 3 nitrogen and oxygen atoms in total. The topological polar surface area (TPSA) is 57.5 Å². The van der Waals surface area contributed by atoms with Crippen molar-refractivity contribution < 1.29 is 14.4 Å².